The Hall–Kier alpha value is -1.50. The Bertz CT molecular complexity index is 499. The summed E-state index contributed by atoms with van der Waals surface area (Å²) >= 11 is 0. The number of carbonyl (C=O) groups excluding carboxylic acids is 1. The first-order chi connectivity index (χ1) is 6.81. The second kappa shape index (κ2) is 3.93. The van der Waals surface area contributed by atoms with Gasteiger partial charge in [-0.25, -0.2) is 21.9 Å². The molecule has 0 unspecified atom stereocenters. The third-order valence-electron chi connectivity index (χ3n) is 1.47. The van der Waals surface area contributed by atoms with Crippen LogP contribution in [0.1, 0.15) is 10.4 Å². The topological polar surface area (TPSA) is 63.2 Å². The van der Waals surface area contributed by atoms with E-state index in [0.717, 1.165) is 24.5 Å². The van der Waals surface area contributed by atoms with Crippen molar-refractivity contribution in [2.24, 2.45) is 0 Å². The summed E-state index contributed by atoms with van der Waals surface area (Å²) in [6.07, 6.45) is 0.738. The van der Waals surface area contributed by atoms with Crippen molar-refractivity contribution in [2.75, 3.05) is 6.26 Å². The summed E-state index contributed by atoms with van der Waals surface area (Å²) in [7, 11) is -3.79. The predicted octanol–water partition coefficient (Wildman–Crippen LogP) is 0.654. The average Bonchev–Trinajstić information content (AvgIpc) is 2.06. The van der Waals surface area contributed by atoms with Crippen LogP contribution >= 0.6 is 0 Å². The zero-order valence-electron chi connectivity index (χ0n) is 7.62. The number of carbonyl (C=O) groups is 1. The van der Waals surface area contributed by atoms with Crippen LogP contribution in [0.25, 0.3) is 0 Å². The van der Waals surface area contributed by atoms with Gasteiger partial charge in [0.05, 0.1) is 11.8 Å². The van der Waals surface area contributed by atoms with Crippen molar-refractivity contribution >= 4 is 15.9 Å². The van der Waals surface area contributed by atoms with Gasteiger partial charge in [0.25, 0.3) is 5.91 Å². The summed E-state index contributed by atoms with van der Waals surface area (Å²) in [5, 5.41) is 0. The van der Waals surface area contributed by atoms with Gasteiger partial charge in [-0.3, -0.25) is 4.79 Å². The lowest BCUT2D eigenvalue weighted by molar-refractivity contribution is 0.0976. The van der Waals surface area contributed by atoms with Crippen LogP contribution in [0.2, 0.25) is 0 Å². The Morgan fingerprint density at radius 3 is 2.47 bits per heavy atom. The van der Waals surface area contributed by atoms with Gasteiger partial charge in [0.15, 0.2) is 11.6 Å². The quantitative estimate of drug-likeness (QED) is 0.818. The molecule has 0 radical (unpaired) electrons. The number of sulfonamides is 1. The van der Waals surface area contributed by atoms with Crippen molar-refractivity contribution in [3.05, 3.63) is 35.4 Å². The number of halogens is 2. The maximum atomic E-state index is 13.0. The van der Waals surface area contributed by atoms with Crippen LogP contribution in [0.3, 0.4) is 0 Å². The molecule has 7 heteroatoms. The van der Waals surface area contributed by atoms with E-state index in [1.54, 1.807) is 0 Å². The van der Waals surface area contributed by atoms with E-state index in [1.165, 1.54) is 4.72 Å². The standard InChI is InChI=1S/C8H7F2NO3S/c1-15(13,14)11-8(12)5-3-2-4-6(9)7(5)10/h2-4H,1H3,(H,11,12). The molecule has 0 aliphatic rings. The van der Waals surface area contributed by atoms with E-state index in [1.807, 2.05) is 0 Å². The number of nitrogens with one attached hydrogen (secondary N) is 1. The molecule has 1 amide bonds. The number of amides is 1. The van der Waals surface area contributed by atoms with E-state index in [-0.39, 0.29) is 0 Å². The second-order valence-corrected chi connectivity index (χ2v) is 4.55. The molecule has 0 heterocycles. The van der Waals surface area contributed by atoms with Crippen molar-refractivity contribution < 1.29 is 22.0 Å². The first kappa shape index (κ1) is 11.6. The minimum absolute atomic E-state index is 0.652. The molecule has 1 aromatic carbocycles. The molecule has 1 N–H and O–H groups in total. The smallest absolute Gasteiger partial charge is 0.267 e. The maximum Gasteiger partial charge on any atom is 0.267 e. The molecule has 0 atom stereocenters. The van der Waals surface area contributed by atoms with Crippen LogP contribution < -0.4 is 4.72 Å². The maximum absolute atomic E-state index is 13.0. The number of benzene rings is 1. The first-order valence-electron chi connectivity index (χ1n) is 3.77. The number of hydrogen-bond acceptors (Lipinski definition) is 3. The van der Waals surface area contributed by atoms with Crippen LogP contribution in [0.15, 0.2) is 18.2 Å². The summed E-state index contributed by atoms with van der Waals surface area (Å²) in [6, 6.07) is 2.92. The number of hydrogen-bond donors (Lipinski definition) is 1. The summed E-state index contributed by atoms with van der Waals surface area (Å²) in [5.74, 6) is -3.79. The molecule has 4 nitrogen and oxygen atoms in total. The molecule has 0 aliphatic carbocycles. The van der Waals surface area contributed by atoms with Crippen LogP contribution in [0.5, 0.6) is 0 Å². The van der Waals surface area contributed by atoms with E-state index >= 15 is 0 Å². The molecule has 1 rings (SSSR count). The molecule has 0 spiro atoms. The van der Waals surface area contributed by atoms with E-state index < -0.39 is 33.1 Å². The zero-order valence-corrected chi connectivity index (χ0v) is 8.44. The molecular formula is C8H7F2NO3S. The van der Waals surface area contributed by atoms with Crippen molar-refractivity contribution in [1.29, 1.82) is 0 Å². The molecule has 0 saturated carbocycles. The lowest BCUT2D eigenvalue weighted by atomic mass is 10.2. The fourth-order valence-corrected chi connectivity index (χ4v) is 1.35. The Morgan fingerprint density at radius 1 is 1.33 bits per heavy atom. The van der Waals surface area contributed by atoms with Gasteiger partial charge >= 0.3 is 0 Å². The fraction of sp³-hybridized carbons (Fsp3) is 0.125. The molecule has 0 fully saturated rings. The van der Waals surface area contributed by atoms with Crippen molar-refractivity contribution in [3.8, 4) is 0 Å². The van der Waals surface area contributed by atoms with E-state index in [9.17, 15) is 22.0 Å². The van der Waals surface area contributed by atoms with Crippen molar-refractivity contribution in [2.45, 2.75) is 0 Å². The summed E-state index contributed by atoms with van der Waals surface area (Å²) in [4.78, 5) is 11.1. The van der Waals surface area contributed by atoms with Gasteiger partial charge in [0.1, 0.15) is 0 Å². The first-order valence-corrected chi connectivity index (χ1v) is 5.66. The van der Waals surface area contributed by atoms with Crippen molar-refractivity contribution in [3.63, 3.8) is 0 Å². The van der Waals surface area contributed by atoms with Gasteiger partial charge in [-0.1, -0.05) is 6.07 Å². The highest BCUT2D eigenvalue weighted by molar-refractivity contribution is 7.89. The van der Waals surface area contributed by atoms with Gasteiger partial charge in [0.2, 0.25) is 10.0 Å². The average molecular weight is 235 g/mol. The largest absolute Gasteiger partial charge is 0.268 e. The summed E-state index contributed by atoms with van der Waals surface area (Å²) in [5.41, 5.74) is -0.652. The molecule has 0 aliphatic heterocycles. The highest BCUT2D eigenvalue weighted by atomic mass is 32.2. The predicted molar refractivity (Wildman–Crippen MR) is 48.7 cm³/mol. The molecule has 82 valence electrons. The second-order valence-electron chi connectivity index (χ2n) is 2.80. The number of rotatable bonds is 2. The van der Waals surface area contributed by atoms with E-state index in [4.69, 9.17) is 0 Å². The fourth-order valence-electron chi connectivity index (χ4n) is 0.903. The zero-order chi connectivity index (χ0) is 11.6. The normalized spacial score (nSPS) is 11.1. The molecule has 0 bridgehead atoms. The Labute approximate surface area is 85.0 Å². The highest BCUT2D eigenvalue weighted by Gasteiger charge is 2.17. The SMILES string of the molecule is CS(=O)(=O)NC(=O)c1cccc(F)c1F. The molecule has 1 aromatic rings. The van der Waals surface area contributed by atoms with Crippen LogP contribution in [0.4, 0.5) is 8.78 Å². The lowest BCUT2D eigenvalue weighted by Crippen LogP contribution is -2.30. The molecular weight excluding hydrogens is 228 g/mol. The summed E-state index contributed by atoms with van der Waals surface area (Å²) < 4.78 is 48.5. The minimum atomic E-state index is -3.79. The monoisotopic (exact) mass is 235 g/mol. The Morgan fingerprint density at radius 2 is 1.93 bits per heavy atom. The van der Waals surface area contributed by atoms with Gasteiger partial charge in [-0.05, 0) is 12.1 Å². The van der Waals surface area contributed by atoms with Gasteiger partial charge in [-0.15, -0.1) is 0 Å². The molecule has 0 saturated heterocycles. The minimum Gasteiger partial charge on any atom is -0.268 e. The van der Waals surface area contributed by atoms with E-state index in [0.29, 0.717) is 0 Å². The van der Waals surface area contributed by atoms with Gasteiger partial charge < -0.3 is 0 Å². The highest BCUT2D eigenvalue weighted by Crippen LogP contribution is 2.11. The van der Waals surface area contributed by atoms with Crippen LogP contribution in [0, 0.1) is 11.6 Å². The third-order valence-corrected chi connectivity index (χ3v) is 2.03. The van der Waals surface area contributed by atoms with Gasteiger partial charge in [-0.2, -0.15) is 0 Å². The van der Waals surface area contributed by atoms with Crippen molar-refractivity contribution in [1.82, 2.24) is 4.72 Å². The Balaban J connectivity index is 3.08. The Kier molecular flexibility index (Phi) is 3.04. The third kappa shape index (κ3) is 2.98. The van der Waals surface area contributed by atoms with Gasteiger partial charge in [0, 0.05) is 0 Å². The van der Waals surface area contributed by atoms with Crippen LogP contribution in [-0.2, 0) is 10.0 Å². The molecule has 0 aromatic heterocycles. The van der Waals surface area contributed by atoms with E-state index in [2.05, 4.69) is 0 Å². The molecule has 15 heavy (non-hydrogen) atoms. The summed E-state index contributed by atoms with van der Waals surface area (Å²) in [6.45, 7) is 0. The van der Waals surface area contributed by atoms with Crippen LogP contribution in [-0.4, -0.2) is 20.6 Å². The lowest BCUT2D eigenvalue weighted by Gasteiger charge is -2.03.